The van der Waals surface area contributed by atoms with Crippen LogP contribution in [0.1, 0.15) is 50.1 Å². The van der Waals surface area contributed by atoms with Crippen LogP contribution in [0.3, 0.4) is 0 Å². The number of nitrogens with zero attached hydrogens (tertiary/aromatic N) is 1. The van der Waals surface area contributed by atoms with Gasteiger partial charge in [0.1, 0.15) is 0 Å². The van der Waals surface area contributed by atoms with Gasteiger partial charge in [0.2, 0.25) is 5.91 Å². The highest BCUT2D eigenvalue weighted by molar-refractivity contribution is 5.80. The molecule has 1 spiro atoms. The molecule has 2 N–H and O–H groups in total. The number of hydrogen-bond donors (Lipinski definition) is 2. The van der Waals surface area contributed by atoms with Crippen molar-refractivity contribution in [3.63, 3.8) is 0 Å². The zero-order chi connectivity index (χ0) is 18.1. The topological polar surface area (TPSA) is 61.4 Å². The Morgan fingerprint density at radius 2 is 1.88 bits per heavy atom. The molecule has 3 atom stereocenters. The molecule has 3 fully saturated rings. The van der Waals surface area contributed by atoms with Crippen LogP contribution < -0.4 is 10.6 Å². The van der Waals surface area contributed by atoms with E-state index in [0.717, 1.165) is 12.1 Å². The number of hydrogen-bond acceptors (Lipinski definition) is 2. The second-order valence-electron chi connectivity index (χ2n) is 8.37. The number of rotatable bonds is 5. The lowest BCUT2D eigenvalue weighted by molar-refractivity contribution is -0.127. The summed E-state index contributed by atoms with van der Waals surface area (Å²) in [7, 11) is 1.86. The molecular formula is C21H29N3O2. The maximum Gasteiger partial charge on any atom is 0.314 e. The van der Waals surface area contributed by atoms with E-state index >= 15 is 0 Å². The summed E-state index contributed by atoms with van der Waals surface area (Å²) in [5.41, 5.74) is 1.70. The van der Waals surface area contributed by atoms with Crippen LogP contribution in [-0.4, -0.2) is 37.0 Å². The average molecular weight is 355 g/mol. The molecule has 3 aliphatic rings. The Kier molecular flexibility index (Phi) is 4.63. The third kappa shape index (κ3) is 3.31. The van der Waals surface area contributed by atoms with E-state index in [0.29, 0.717) is 24.3 Å². The number of nitrogens with one attached hydrogen (secondary N) is 2. The standard InChI is InChI=1S/C21H29N3O2/c1-24-18(25)12-16(19(24)15-6-3-2-4-7-15)13-22-20(26)23-14-17-8-5-9-21(17)10-11-21/h2-4,6-7,16-17,19H,5,8-14H2,1H3,(H2,22,23,26)/t16-,17?,19-/m1/s1. The summed E-state index contributed by atoms with van der Waals surface area (Å²) in [4.78, 5) is 26.3. The van der Waals surface area contributed by atoms with Crippen molar-refractivity contribution < 1.29 is 9.59 Å². The largest absolute Gasteiger partial charge is 0.338 e. The van der Waals surface area contributed by atoms with E-state index in [1.54, 1.807) is 0 Å². The summed E-state index contributed by atoms with van der Waals surface area (Å²) in [6.45, 7) is 1.31. The molecule has 1 aliphatic heterocycles. The van der Waals surface area contributed by atoms with Gasteiger partial charge in [0, 0.05) is 32.5 Å². The van der Waals surface area contributed by atoms with Crippen molar-refractivity contribution in [1.29, 1.82) is 0 Å². The summed E-state index contributed by atoms with van der Waals surface area (Å²) in [6, 6.07) is 10.0. The number of benzene rings is 1. The zero-order valence-corrected chi connectivity index (χ0v) is 15.5. The van der Waals surface area contributed by atoms with Crippen LogP contribution in [0.5, 0.6) is 0 Å². The molecule has 3 amide bonds. The monoisotopic (exact) mass is 355 g/mol. The van der Waals surface area contributed by atoms with Gasteiger partial charge in [-0.05, 0) is 42.6 Å². The molecule has 2 saturated carbocycles. The molecule has 0 aromatic heterocycles. The second kappa shape index (κ2) is 6.93. The first-order valence-electron chi connectivity index (χ1n) is 9.91. The van der Waals surface area contributed by atoms with E-state index in [-0.39, 0.29) is 23.9 Å². The van der Waals surface area contributed by atoms with Crippen molar-refractivity contribution in [3.8, 4) is 0 Å². The fourth-order valence-corrected chi connectivity index (χ4v) is 5.13. The molecule has 0 radical (unpaired) electrons. The van der Waals surface area contributed by atoms with Crippen molar-refractivity contribution in [1.82, 2.24) is 15.5 Å². The van der Waals surface area contributed by atoms with E-state index in [2.05, 4.69) is 22.8 Å². The molecule has 1 unspecified atom stereocenters. The van der Waals surface area contributed by atoms with E-state index in [1.165, 1.54) is 32.1 Å². The SMILES string of the molecule is CN1C(=O)C[C@H](CNC(=O)NCC2CCCC23CC3)[C@H]1c1ccccc1. The first kappa shape index (κ1) is 17.4. The Bertz CT molecular complexity index is 671. The predicted octanol–water partition coefficient (Wildman–Crippen LogP) is 3.09. The van der Waals surface area contributed by atoms with Gasteiger partial charge in [0.05, 0.1) is 6.04 Å². The zero-order valence-electron chi connectivity index (χ0n) is 15.5. The summed E-state index contributed by atoms with van der Waals surface area (Å²) in [6.07, 6.45) is 7.08. The van der Waals surface area contributed by atoms with Crippen molar-refractivity contribution in [2.75, 3.05) is 20.1 Å². The number of amides is 3. The second-order valence-corrected chi connectivity index (χ2v) is 8.37. The van der Waals surface area contributed by atoms with Crippen LogP contribution in [0, 0.1) is 17.3 Å². The third-order valence-corrected chi connectivity index (χ3v) is 6.85. The molecule has 5 nitrogen and oxygen atoms in total. The number of likely N-dealkylation sites (tertiary alicyclic amines) is 1. The molecule has 1 saturated heterocycles. The summed E-state index contributed by atoms with van der Waals surface area (Å²) in [5.74, 6) is 0.916. The minimum absolute atomic E-state index is 0.0357. The molecule has 1 heterocycles. The van der Waals surface area contributed by atoms with Gasteiger partial charge in [-0.1, -0.05) is 36.8 Å². The third-order valence-electron chi connectivity index (χ3n) is 6.85. The van der Waals surface area contributed by atoms with Crippen LogP contribution >= 0.6 is 0 Å². The molecule has 1 aromatic carbocycles. The van der Waals surface area contributed by atoms with Crippen molar-refractivity contribution in [2.24, 2.45) is 17.3 Å². The first-order valence-corrected chi connectivity index (χ1v) is 9.91. The lowest BCUT2D eigenvalue weighted by atomic mass is 9.93. The van der Waals surface area contributed by atoms with Gasteiger partial charge in [0.15, 0.2) is 0 Å². The molecule has 1 aromatic rings. The number of carbonyl (C=O) groups is 2. The van der Waals surface area contributed by atoms with E-state index in [4.69, 9.17) is 0 Å². The highest BCUT2D eigenvalue weighted by Crippen LogP contribution is 2.60. The fourth-order valence-electron chi connectivity index (χ4n) is 5.13. The number of urea groups is 1. The smallest absolute Gasteiger partial charge is 0.314 e. The molecule has 0 bridgehead atoms. The molecule has 5 heteroatoms. The highest BCUT2D eigenvalue weighted by Gasteiger charge is 2.51. The average Bonchev–Trinajstić information content (AvgIpc) is 3.23. The summed E-state index contributed by atoms with van der Waals surface area (Å²) in [5, 5.41) is 6.08. The van der Waals surface area contributed by atoms with Crippen LogP contribution in [-0.2, 0) is 4.79 Å². The van der Waals surface area contributed by atoms with Gasteiger partial charge < -0.3 is 15.5 Å². The van der Waals surface area contributed by atoms with Gasteiger partial charge in [-0.3, -0.25) is 4.79 Å². The Morgan fingerprint density at radius 1 is 1.15 bits per heavy atom. The molecule has 26 heavy (non-hydrogen) atoms. The van der Waals surface area contributed by atoms with Crippen molar-refractivity contribution >= 4 is 11.9 Å². The van der Waals surface area contributed by atoms with Crippen LogP contribution in [0.4, 0.5) is 4.79 Å². The Labute approximate surface area is 155 Å². The predicted molar refractivity (Wildman–Crippen MR) is 100 cm³/mol. The number of carbonyl (C=O) groups excluding carboxylic acids is 2. The maximum atomic E-state index is 12.3. The minimum atomic E-state index is -0.0958. The van der Waals surface area contributed by atoms with Crippen LogP contribution in [0.25, 0.3) is 0 Å². The Hall–Kier alpha value is -2.04. The van der Waals surface area contributed by atoms with E-state index < -0.39 is 0 Å². The molecule has 2 aliphatic carbocycles. The van der Waals surface area contributed by atoms with E-state index in [9.17, 15) is 9.59 Å². The molecule has 4 rings (SSSR count). The summed E-state index contributed by atoms with van der Waals surface area (Å²) >= 11 is 0. The fraction of sp³-hybridized carbons (Fsp3) is 0.619. The van der Waals surface area contributed by atoms with E-state index in [1.807, 2.05) is 30.1 Å². The first-order chi connectivity index (χ1) is 12.6. The summed E-state index contributed by atoms with van der Waals surface area (Å²) < 4.78 is 0. The van der Waals surface area contributed by atoms with Gasteiger partial charge in [-0.25, -0.2) is 4.79 Å². The van der Waals surface area contributed by atoms with Crippen molar-refractivity contribution in [2.45, 2.75) is 44.6 Å². The van der Waals surface area contributed by atoms with Crippen molar-refractivity contribution in [3.05, 3.63) is 35.9 Å². The molecule has 140 valence electrons. The normalized spacial score (nSPS) is 29.2. The van der Waals surface area contributed by atoms with Gasteiger partial charge in [-0.2, -0.15) is 0 Å². The maximum absolute atomic E-state index is 12.3. The Morgan fingerprint density at radius 3 is 2.62 bits per heavy atom. The lowest BCUT2D eigenvalue weighted by Gasteiger charge is -2.26. The minimum Gasteiger partial charge on any atom is -0.338 e. The van der Waals surface area contributed by atoms with Gasteiger partial charge in [0.25, 0.3) is 0 Å². The Balaban J connectivity index is 1.30. The lowest BCUT2D eigenvalue weighted by Crippen LogP contribution is -2.41. The highest BCUT2D eigenvalue weighted by atomic mass is 16.2. The molecular weight excluding hydrogens is 326 g/mol. The van der Waals surface area contributed by atoms with Gasteiger partial charge >= 0.3 is 6.03 Å². The van der Waals surface area contributed by atoms with Crippen LogP contribution in [0.2, 0.25) is 0 Å². The van der Waals surface area contributed by atoms with Gasteiger partial charge in [-0.15, -0.1) is 0 Å². The van der Waals surface area contributed by atoms with Crippen LogP contribution in [0.15, 0.2) is 30.3 Å². The quantitative estimate of drug-likeness (QED) is 0.853.